The number of allylic oxidation sites excluding steroid dienone is 4. The summed E-state index contributed by atoms with van der Waals surface area (Å²) in [6.45, 7) is 2.51. The highest BCUT2D eigenvalue weighted by atomic mass is 16.5. The second kappa shape index (κ2) is 6.19. The number of morpholine rings is 1. The molecule has 6 nitrogen and oxygen atoms in total. The molecule has 0 bridgehead atoms. The summed E-state index contributed by atoms with van der Waals surface area (Å²) in [5, 5.41) is 10.8. The molecule has 0 amide bonds. The standard InChI is InChI=1S/C19H18N4O2/c20-14-19(6-2-1-3-7-19)23-17-15(5-4-8-21-17)13-16(18(23)24)22-9-11-25-12-10-22/h1-6,8,13H,7,9-12H2. The fourth-order valence-electron chi connectivity index (χ4n) is 3.44. The molecular weight excluding hydrogens is 316 g/mol. The number of pyridine rings is 2. The van der Waals surface area contributed by atoms with Crippen LogP contribution in [0.25, 0.3) is 11.0 Å². The van der Waals surface area contributed by atoms with Crippen molar-refractivity contribution in [2.24, 2.45) is 0 Å². The van der Waals surface area contributed by atoms with Crippen LogP contribution in [0.5, 0.6) is 0 Å². The van der Waals surface area contributed by atoms with Gasteiger partial charge in [0.05, 0.1) is 19.3 Å². The summed E-state index contributed by atoms with van der Waals surface area (Å²) in [6.07, 6.45) is 9.49. The Hall–Kier alpha value is -2.91. The normalized spacial score (nSPS) is 22.9. The molecule has 1 saturated heterocycles. The van der Waals surface area contributed by atoms with E-state index in [1.807, 2.05) is 41.3 Å². The number of nitrogens with zero attached hydrogens (tertiary/aromatic N) is 4. The number of fused-ring (bicyclic) bond motifs is 1. The molecule has 1 fully saturated rings. The molecule has 0 radical (unpaired) electrons. The van der Waals surface area contributed by atoms with Gasteiger partial charge in [0, 0.05) is 31.1 Å². The summed E-state index contributed by atoms with van der Waals surface area (Å²) in [5.41, 5.74) is -0.109. The van der Waals surface area contributed by atoms with Crippen molar-refractivity contribution in [1.82, 2.24) is 9.55 Å². The van der Waals surface area contributed by atoms with Crippen LogP contribution in [0.15, 0.2) is 53.5 Å². The number of hydrogen-bond acceptors (Lipinski definition) is 5. The van der Waals surface area contributed by atoms with Crippen molar-refractivity contribution in [3.05, 3.63) is 59.1 Å². The Morgan fingerprint density at radius 1 is 1.28 bits per heavy atom. The minimum atomic E-state index is -1.05. The van der Waals surface area contributed by atoms with Crippen LogP contribution in [-0.4, -0.2) is 35.9 Å². The largest absolute Gasteiger partial charge is 0.378 e. The summed E-state index contributed by atoms with van der Waals surface area (Å²) in [6, 6.07) is 7.98. The van der Waals surface area contributed by atoms with Crippen molar-refractivity contribution in [2.45, 2.75) is 12.0 Å². The third kappa shape index (κ3) is 2.53. The average Bonchev–Trinajstić information content (AvgIpc) is 2.68. The molecule has 1 unspecified atom stereocenters. The smallest absolute Gasteiger partial charge is 0.277 e. The third-order valence-corrected chi connectivity index (χ3v) is 4.74. The number of ether oxygens (including phenoxy) is 1. The first-order valence-electron chi connectivity index (χ1n) is 8.35. The lowest BCUT2D eigenvalue weighted by Gasteiger charge is -2.32. The lowest BCUT2D eigenvalue weighted by atomic mass is 9.92. The highest BCUT2D eigenvalue weighted by Crippen LogP contribution is 2.29. The van der Waals surface area contributed by atoms with E-state index in [1.165, 1.54) is 0 Å². The van der Waals surface area contributed by atoms with Crippen molar-refractivity contribution in [2.75, 3.05) is 31.2 Å². The Kier molecular flexibility index (Phi) is 3.86. The third-order valence-electron chi connectivity index (χ3n) is 4.74. The van der Waals surface area contributed by atoms with Gasteiger partial charge in [0.2, 0.25) is 0 Å². The highest BCUT2D eigenvalue weighted by molar-refractivity contribution is 5.79. The molecule has 2 aromatic heterocycles. The van der Waals surface area contributed by atoms with Crippen LogP contribution in [-0.2, 0) is 10.3 Å². The van der Waals surface area contributed by atoms with Gasteiger partial charge in [-0.15, -0.1) is 0 Å². The lowest BCUT2D eigenvalue weighted by molar-refractivity contribution is 0.122. The molecule has 0 aromatic carbocycles. The van der Waals surface area contributed by atoms with Crippen molar-refractivity contribution >= 4 is 16.7 Å². The molecular formula is C19H18N4O2. The maximum absolute atomic E-state index is 13.4. The average molecular weight is 334 g/mol. The maximum atomic E-state index is 13.4. The van der Waals surface area contributed by atoms with Gasteiger partial charge in [-0.25, -0.2) is 4.98 Å². The van der Waals surface area contributed by atoms with E-state index in [1.54, 1.807) is 16.8 Å². The second-order valence-electron chi connectivity index (χ2n) is 6.21. The van der Waals surface area contributed by atoms with E-state index in [4.69, 9.17) is 4.74 Å². The van der Waals surface area contributed by atoms with Gasteiger partial charge in [0.25, 0.3) is 5.56 Å². The van der Waals surface area contributed by atoms with Crippen LogP contribution in [0.4, 0.5) is 5.69 Å². The Labute approximate surface area is 145 Å². The molecule has 2 aliphatic rings. The molecule has 0 spiro atoms. The van der Waals surface area contributed by atoms with E-state index in [9.17, 15) is 10.1 Å². The zero-order valence-corrected chi connectivity index (χ0v) is 13.8. The molecule has 4 rings (SSSR count). The van der Waals surface area contributed by atoms with Gasteiger partial charge in [-0.3, -0.25) is 9.36 Å². The van der Waals surface area contributed by atoms with E-state index in [2.05, 4.69) is 11.1 Å². The van der Waals surface area contributed by atoms with E-state index in [0.717, 1.165) is 5.39 Å². The first-order valence-corrected chi connectivity index (χ1v) is 8.35. The van der Waals surface area contributed by atoms with Crippen LogP contribution in [0.3, 0.4) is 0 Å². The zero-order chi connectivity index (χ0) is 17.3. The van der Waals surface area contributed by atoms with Crippen molar-refractivity contribution < 1.29 is 4.74 Å². The van der Waals surface area contributed by atoms with E-state index in [-0.39, 0.29) is 5.56 Å². The van der Waals surface area contributed by atoms with Crippen LogP contribution < -0.4 is 10.5 Å². The summed E-state index contributed by atoms with van der Waals surface area (Å²) in [4.78, 5) is 19.8. The fraction of sp³-hybridized carbons (Fsp3) is 0.316. The predicted molar refractivity (Wildman–Crippen MR) is 95.5 cm³/mol. The van der Waals surface area contributed by atoms with Crippen molar-refractivity contribution in [3.63, 3.8) is 0 Å². The van der Waals surface area contributed by atoms with Crippen molar-refractivity contribution in [1.29, 1.82) is 5.26 Å². The molecule has 126 valence electrons. The van der Waals surface area contributed by atoms with Crippen LogP contribution in [0, 0.1) is 11.3 Å². The SMILES string of the molecule is N#CC1(n2c(=O)c(N3CCOCC3)cc3cccnc32)C=CC=CC1. The quantitative estimate of drug-likeness (QED) is 0.840. The Balaban J connectivity index is 2.00. The molecule has 3 heterocycles. The fourth-order valence-corrected chi connectivity index (χ4v) is 3.44. The molecule has 0 N–H and O–H groups in total. The molecule has 6 heteroatoms. The summed E-state index contributed by atoms with van der Waals surface area (Å²) >= 11 is 0. The van der Waals surface area contributed by atoms with Gasteiger partial charge in [-0.05, 0) is 24.3 Å². The molecule has 1 atom stereocenters. The Morgan fingerprint density at radius 2 is 2.12 bits per heavy atom. The number of anilines is 1. The second-order valence-corrected chi connectivity index (χ2v) is 6.21. The minimum absolute atomic E-state index is 0.186. The maximum Gasteiger partial charge on any atom is 0.277 e. The van der Waals surface area contributed by atoms with Gasteiger partial charge in [0.1, 0.15) is 11.3 Å². The van der Waals surface area contributed by atoms with E-state index in [0.29, 0.717) is 44.1 Å². The summed E-state index contributed by atoms with van der Waals surface area (Å²) in [5.74, 6) is 0. The summed E-state index contributed by atoms with van der Waals surface area (Å²) < 4.78 is 6.95. The van der Waals surface area contributed by atoms with E-state index < -0.39 is 5.54 Å². The van der Waals surface area contributed by atoms with Gasteiger partial charge in [-0.2, -0.15) is 5.26 Å². The van der Waals surface area contributed by atoms with Gasteiger partial charge < -0.3 is 9.64 Å². The van der Waals surface area contributed by atoms with Crippen LogP contribution in [0.2, 0.25) is 0 Å². The summed E-state index contributed by atoms with van der Waals surface area (Å²) in [7, 11) is 0. The molecule has 0 saturated carbocycles. The molecule has 2 aromatic rings. The van der Waals surface area contributed by atoms with Gasteiger partial charge >= 0.3 is 0 Å². The lowest BCUT2D eigenvalue weighted by Crippen LogP contribution is -2.44. The Bertz CT molecular complexity index is 964. The minimum Gasteiger partial charge on any atom is -0.378 e. The molecule has 1 aliphatic carbocycles. The predicted octanol–water partition coefficient (Wildman–Crippen LogP) is 1.97. The number of hydrogen-bond donors (Lipinski definition) is 0. The van der Waals surface area contributed by atoms with Crippen molar-refractivity contribution in [3.8, 4) is 6.07 Å². The van der Waals surface area contributed by atoms with Crippen LogP contribution in [0.1, 0.15) is 6.42 Å². The topological polar surface area (TPSA) is 71.2 Å². The number of rotatable bonds is 2. The highest BCUT2D eigenvalue weighted by Gasteiger charge is 2.34. The zero-order valence-electron chi connectivity index (χ0n) is 13.8. The van der Waals surface area contributed by atoms with Gasteiger partial charge in [0.15, 0.2) is 5.54 Å². The number of aromatic nitrogens is 2. The monoisotopic (exact) mass is 334 g/mol. The molecule has 25 heavy (non-hydrogen) atoms. The van der Waals surface area contributed by atoms with Crippen LogP contribution >= 0.6 is 0 Å². The Morgan fingerprint density at radius 3 is 2.84 bits per heavy atom. The first-order chi connectivity index (χ1) is 12.2. The van der Waals surface area contributed by atoms with Gasteiger partial charge in [-0.1, -0.05) is 18.2 Å². The number of nitriles is 1. The van der Waals surface area contributed by atoms with E-state index >= 15 is 0 Å². The first kappa shape index (κ1) is 15.6. The molecule has 1 aliphatic heterocycles.